The first-order chi connectivity index (χ1) is 13.0. The molecule has 0 saturated heterocycles. The molecule has 1 aliphatic rings. The number of thiophene rings is 1. The standard InChI is InChI=1S/C20H25N5OS/c1-11(2)25-19-15(10-22-25)14(20(26)24-17(9-21)13-5-6-13)8-16(23-19)18-7-4-12(3)27-18/h4,7-8,10-11,13,17H,5-6,9,21H2,1-3H3,(H,24,26). The zero-order valence-electron chi connectivity index (χ0n) is 15.9. The van der Waals surface area contributed by atoms with E-state index in [9.17, 15) is 4.79 Å². The Kier molecular flexibility index (Phi) is 4.74. The van der Waals surface area contributed by atoms with E-state index >= 15 is 0 Å². The number of pyridine rings is 1. The first-order valence-electron chi connectivity index (χ1n) is 9.44. The zero-order chi connectivity index (χ0) is 19.1. The third kappa shape index (κ3) is 3.49. The van der Waals surface area contributed by atoms with E-state index in [1.165, 1.54) is 4.88 Å². The predicted molar refractivity (Wildman–Crippen MR) is 109 cm³/mol. The van der Waals surface area contributed by atoms with Gasteiger partial charge in [0.2, 0.25) is 0 Å². The third-order valence-electron chi connectivity index (χ3n) is 5.05. The average molecular weight is 384 g/mol. The van der Waals surface area contributed by atoms with Gasteiger partial charge in [0.05, 0.1) is 27.7 Å². The Bertz CT molecular complexity index is 986. The minimum absolute atomic E-state index is 0.0355. The molecule has 1 amide bonds. The molecule has 1 unspecified atom stereocenters. The Morgan fingerprint density at radius 1 is 1.41 bits per heavy atom. The van der Waals surface area contributed by atoms with E-state index in [-0.39, 0.29) is 18.0 Å². The molecule has 0 spiro atoms. The van der Waals surface area contributed by atoms with E-state index in [1.807, 2.05) is 10.7 Å². The van der Waals surface area contributed by atoms with Crippen LogP contribution in [0.1, 0.15) is 48.0 Å². The van der Waals surface area contributed by atoms with Gasteiger partial charge in [0.1, 0.15) is 0 Å². The summed E-state index contributed by atoms with van der Waals surface area (Å²) in [4.78, 5) is 20.2. The van der Waals surface area contributed by atoms with E-state index in [2.05, 4.69) is 43.3 Å². The number of fused-ring (bicyclic) bond motifs is 1. The van der Waals surface area contributed by atoms with Gasteiger partial charge in [-0.05, 0) is 57.7 Å². The predicted octanol–water partition coefficient (Wildman–Crippen LogP) is 3.52. The lowest BCUT2D eigenvalue weighted by Gasteiger charge is -2.17. The summed E-state index contributed by atoms with van der Waals surface area (Å²) in [5, 5.41) is 8.39. The minimum atomic E-state index is -0.0948. The maximum Gasteiger partial charge on any atom is 0.252 e. The molecule has 1 atom stereocenters. The Labute approximate surface area is 162 Å². The number of nitrogens with one attached hydrogen (secondary N) is 1. The highest BCUT2D eigenvalue weighted by Crippen LogP contribution is 2.33. The number of carbonyl (C=O) groups is 1. The van der Waals surface area contributed by atoms with Crippen LogP contribution >= 0.6 is 11.3 Å². The molecule has 3 aromatic rings. The lowest BCUT2D eigenvalue weighted by molar-refractivity contribution is 0.0935. The molecule has 142 valence electrons. The van der Waals surface area contributed by atoms with Crippen molar-refractivity contribution in [1.29, 1.82) is 0 Å². The topological polar surface area (TPSA) is 85.8 Å². The van der Waals surface area contributed by atoms with Gasteiger partial charge in [-0.25, -0.2) is 9.67 Å². The number of carbonyl (C=O) groups excluding carboxylic acids is 1. The van der Waals surface area contributed by atoms with Crippen molar-refractivity contribution in [2.24, 2.45) is 11.7 Å². The monoisotopic (exact) mass is 383 g/mol. The molecule has 1 fully saturated rings. The van der Waals surface area contributed by atoms with Crippen molar-refractivity contribution in [3.05, 3.63) is 34.8 Å². The Morgan fingerprint density at radius 3 is 2.78 bits per heavy atom. The van der Waals surface area contributed by atoms with Crippen LogP contribution in [0.2, 0.25) is 0 Å². The van der Waals surface area contributed by atoms with Crippen LogP contribution in [0.3, 0.4) is 0 Å². The highest BCUT2D eigenvalue weighted by molar-refractivity contribution is 7.15. The maximum absolute atomic E-state index is 13.1. The lowest BCUT2D eigenvalue weighted by Crippen LogP contribution is -2.41. The van der Waals surface area contributed by atoms with Crippen LogP contribution in [0.5, 0.6) is 0 Å². The quantitative estimate of drug-likeness (QED) is 0.682. The molecule has 3 N–H and O–H groups in total. The Balaban J connectivity index is 1.81. The van der Waals surface area contributed by atoms with Crippen LogP contribution in [0.15, 0.2) is 24.4 Å². The van der Waals surface area contributed by atoms with Crippen molar-refractivity contribution in [1.82, 2.24) is 20.1 Å². The summed E-state index contributed by atoms with van der Waals surface area (Å²) in [6.45, 7) is 6.66. The largest absolute Gasteiger partial charge is 0.348 e. The summed E-state index contributed by atoms with van der Waals surface area (Å²) in [5.41, 5.74) is 8.05. The van der Waals surface area contributed by atoms with Crippen LogP contribution < -0.4 is 11.1 Å². The molecular formula is C20H25N5OS. The van der Waals surface area contributed by atoms with Gasteiger partial charge in [-0.15, -0.1) is 11.3 Å². The number of amides is 1. The summed E-state index contributed by atoms with van der Waals surface area (Å²) >= 11 is 1.68. The molecule has 6 nitrogen and oxygen atoms in total. The van der Waals surface area contributed by atoms with Crippen LogP contribution in [0, 0.1) is 12.8 Å². The van der Waals surface area contributed by atoms with Crippen molar-refractivity contribution in [3.63, 3.8) is 0 Å². The first kappa shape index (κ1) is 18.1. The van der Waals surface area contributed by atoms with E-state index in [0.717, 1.165) is 34.4 Å². The van der Waals surface area contributed by atoms with Crippen LogP contribution in [-0.2, 0) is 0 Å². The van der Waals surface area contributed by atoms with Gasteiger partial charge in [0, 0.05) is 23.5 Å². The fourth-order valence-electron chi connectivity index (χ4n) is 3.40. The van der Waals surface area contributed by atoms with Crippen molar-refractivity contribution in [2.45, 2.75) is 45.7 Å². The SMILES string of the molecule is Cc1ccc(-c2cc(C(=O)NC(CN)C3CC3)c3cnn(C(C)C)c3n2)s1. The second kappa shape index (κ2) is 7.05. The average Bonchev–Trinajstić information content (AvgIpc) is 3.24. The highest BCUT2D eigenvalue weighted by atomic mass is 32.1. The molecule has 3 aromatic heterocycles. The van der Waals surface area contributed by atoms with Gasteiger partial charge >= 0.3 is 0 Å². The zero-order valence-corrected chi connectivity index (χ0v) is 16.7. The van der Waals surface area contributed by atoms with Crippen molar-refractivity contribution < 1.29 is 4.79 Å². The first-order valence-corrected chi connectivity index (χ1v) is 10.3. The van der Waals surface area contributed by atoms with Gasteiger partial charge in [-0.1, -0.05) is 0 Å². The molecule has 0 aromatic carbocycles. The molecule has 7 heteroatoms. The van der Waals surface area contributed by atoms with Gasteiger partial charge in [0.15, 0.2) is 5.65 Å². The Hall–Kier alpha value is -2.25. The number of nitrogens with two attached hydrogens (primary N) is 1. The molecule has 27 heavy (non-hydrogen) atoms. The smallest absolute Gasteiger partial charge is 0.252 e. The molecule has 0 radical (unpaired) electrons. The number of aromatic nitrogens is 3. The van der Waals surface area contributed by atoms with E-state index in [4.69, 9.17) is 10.7 Å². The Morgan fingerprint density at radius 2 is 2.19 bits per heavy atom. The number of rotatable bonds is 6. The molecule has 1 aliphatic carbocycles. The lowest BCUT2D eigenvalue weighted by atomic mass is 10.1. The van der Waals surface area contributed by atoms with Gasteiger partial charge in [-0.3, -0.25) is 4.79 Å². The minimum Gasteiger partial charge on any atom is -0.348 e. The fraction of sp³-hybridized carbons (Fsp3) is 0.450. The number of aryl methyl sites for hydroxylation is 1. The highest BCUT2D eigenvalue weighted by Gasteiger charge is 2.32. The van der Waals surface area contributed by atoms with Crippen LogP contribution in [0.25, 0.3) is 21.6 Å². The van der Waals surface area contributed by atoms with Crippen LogP contribution in [-0.4, -0.2) is 33.3 Å². The van der Waals surface area contributed by atoms with Crippen molar-refractivity contribution in [3.8, 4) is 10.6 Å². The summed E-state index contributed by atoms with van der Waals surface area (Å²) in [5.74, 6) is 0.414. The summed E-state index contributed by atoms with van der Waals surface area (Å²) in [7, 11) is 0. The van der Waals surface area contributed by atoms with Crippen molar-refractivity contribution >= 4 is 28.3 Å². The summed E-state index contributed by atoms with van der Waals surface area (Å²) in [6.07, 6.45) is 4.02. The normalized spacial score (nSPS) is 15.4. The number of nitrogens with zero attached hydrogens (tertiary/aromatic N) is 3. The van der Waals surface area contributed by atoms with Gasteiger partial charge in [0.25, 0.3) is 5.91 Å². The molecule has 4 rings (SSSR count). The second-order valence-electron chi connectivity index (χ2n) is 7.54. The van der Waals surface area contributed by atoms with Crippen molar-refractivity contribution in [2.75, 3.05) is 6.54 Å². The maximum atomic E-state index is 13.1. The number of hydrogen-bond acceptors (Lipinski definition) is 5. The number of hydrogen-bond donors (Lipinski definition) is 2. The molecular weight excluding hydrogens is 358 g/mol. The molecule has 1 saturated carbocycles. The summed E-state index contributed by atoms with van der Waals surface area (Å²) in [6, 6.07) is 6.21. The van der Waals surface area contributed by atoms with Gasteiger partial charge in [-0.2, -0.15) is 5.10 Å². The van der Waals surface area contributed by atoms with Crippen LogP contribution in [0.4, 0.5) is 0 Å². The van der Waals surface area contributed by atoms with E-state index < -0.39 is 0 Å². The van der Waals surface area contributed by atoms with Gasteiger partial charge < -0.3 is 11.1 Å². The van der Waals surface area contributed by atoms with E-state index in [0.29, 0.717) is 18.0 Å². The molecule has 3 heterocycles. The molecule has 0 aliphatic heterocycles. The third-order valence-corrected chi connectivity index (χ3v) is 6.08. The second-order valence-corrected chi connectivity index (χ2v) is 8.83. The van der Waals surface area contributed by atoms with E-state index in [1.54, 1.807) is 17.5 Å². The molecule has 0 bridgehead atoms. The fourth-order valence-corrected chi connectivity index (χ4v) is 4.22. The summed E-state index contributed by atoms with van der Waals surface area (Å²) < 4.78 is 1.87.